The molecule has 0 aromatic heterocycles. The van der Waals surface area contributed by atoms with Gasteiger partial charge in [-0.1, -0.05) is 22.0 Å². The molecular formula is C14H8BrFN2O3. The number of nitro benzene ring substituents is 1. The average molecular weight is 351 g/mol. The summed E-state index contributed by atoms with van der Waals surface area (Å²) in [6.45, 7) is -0.137. The summed E-state index contributed by atoms with van der Waals surface area (Å²) >= 11 is 3.16. The second-order valence-corrected chi connectivity index (χ2v) is 4.96. The number of ether oxygens (including phenoxy) is 1. The van der Waals surface area contributed by atoms with Crippen molar-refractivity contribution in [3.63, 3.8) is 0 Å². The highest BCUT2D eigenvalue weighted by molar-refractivity contribution is 9.10. The molecule has 0 unspecified atom stereocenters. The summed E-state index contributed by atoms with van der Waals surface area (Å²) in [5.74, 6) is -0.643. The Morgan fingerprint density at radius 1 is 1.38 bits per heavy atom. The van der Waals surface area contributed by atoms with Gasteiger partial charge in [-0.25, -0.2) is 4.39 Å². The van der Waals surface area contributed by atoms with E-state index in [-0.39, 0.29) is 23.6 Å². The van der Waals surface area contributed by atoms with Crippen molar-refractivity contribution < 1.29 is 14.1 Å². The Morgan fingerprint density at radius 2 is 2.14 bits per heavy atom. The van der Waals surface area contributed by atoms with Crippen molar-refractivity contribution in [1.29, 1.82) is 5.26 Å². The maximum atomic E-state index is 13.4. The van der Waals surface area contributed by atoms with E-state index in [4.69, 9.17) is 10.00 Å². The first kappa shape index (κ1) is 14.9. The Hall–Kier alpha value is -2.46. The molecule has 0 radical (unpaired) electrons. The Balaban J connectivity index is 2.28. The quantitative estimate of drug-likeness (QED) is 0.617. The van der Waals surface area contributed by atoms with Gasteiger partial charge in [0.25, 0.3) is 5.69 Å². The highest BCUT2D eigenvalue weighted by Gasteiger charge is 2.16. The molecule has 0 saturated heterocycles. The lowest BCUT2D eigenvalue weighted by molar-refractivity contribution is -0.385. The smallest absolute Gasteiger partial charge is 0.277 e. The molecule has 2 aromatic rings. The zero-order valence-corrected chi connectivity index (χ0v) is 12.1. The van der Waals surface area contributed by atoms with Gasteiger partial charge in [0.05, 0.1) is 10.5 Å². The zero-order valence-electron chi connectivity index (χ0n) is 10.5. The molecule has 0 fully saturated rings. The van der Waals surface area contributed by atoms with Crippen molar-refractivity contribution in [2.24, 2.45) is 0 Å². The van der Waals surface area contributed by atoms with Crippen LogP contribution in [0.3, 0.4) is 0 Å². The van der Waals surface area contributed by atoms with Crippen LogP contribution in [0.2, 0.25) is 0 Å². The molecule has 2 rings (SSSR count). The SMILES string of the molecule is N#Cc1c(F)cccc1OCc1ccc(Br)cc1[N+](=O)[O-]. The minimum Gasteiger partial charge on any atom is -0.487 e. The highest BCUT2D eigenvalue weighted by atomic mass is 79.9. The van der Waals surface area contributed by atoms with E-state index in [1.807, 2.05) is 0 Å². The third-order valence-electron chi connectivity index (χ3n) is 2.71. The molecule has 0 spiro atoms. The van der Waals surface area contributed by atoms with Gasteiger partial charge in [-0.3, -0.25) is 10.1 Å². The summed E-state index contributed by atoms with van der Waals surface area (Å²) in [4.78, 5) is 10.5. The predicted octanol–water partition coefficient (Wildman–Crippen LogP) is 3.95. The van der Waals surface area contributed by atoms with Gasteiger partial charge in [-0.15, -0.1) is 0 Å². The monoisotopic (exact) mass is 350 g/mol. The third kappa shape index (κ3) is 3.35. The van der Waals surface area contributed by atoms with Crippen LogP contribution in [-0.2, 0) is 6.61 Å². The number of nitro groups is 1. The van der Waals surface area contributed by atoms with Gasteiger partial charge >= 0.3 is 0 Å². The van der Waals surface area contributed by atoms with Crippen molar-refractivity contribution in [2.45, 2.75) is 6.61 Å². The molecule has 7 heteroatoms. The second-order valence-electron chi connectivity index (χ2n) is 4.04. The fraction of sp³-hybridized carbons (Fsp3) is 0.0714. The van der Waals surface area contributed by atoms with Gasteiger partial charge in [0.2, 0.25) is 0 Å². The first-order valence-corrected chi connectivity index (χ1v) is 6.56. The third-order valence-corrected chi connectivity index (χ3v) is 3.21. The topological polar surface area (TPSA) is 76.2 Å². The van der Waals surface area contributed by atoms with Crippen molar-refractivity contribution in [3.8, 4) is 11.8 Å². The molecule has 0 atom stereocenters. The highest BCUT2D eigenvalue weighted by Crippen LogP contribution is 2.26. The minimum atomic E-state index is -0.694. The van der Waals surface area contributed by atoms with E-state index in [1.165, 1.54) is 24.3 Å². The number of hydrogen-bond acceptors (Lipinski definition) is 4. The lowest BCUT2D eigenvalue weighted by Gasteiger charge is -2.09. The molecule has 5 nitrogen and oxygen atoms in total. The Bertz CT molecular complexity index is 743. The molecule has 2 aromatic carbocycles. The standard InChI is InChI=1S/C14H8BrFN2O3/c15-10-5-4-9(13(6-10)18(19)20)8-21-14-3-1-2-12(16)11(14)7-17/h1-6H,8H2. The molecular weight excluding hydrogens is 343 g/mol. The van der Waals surface area contributed by atoms with Crippen molar-refractivity contribution >= 4 is 21.6 Å². The molecule has 0 N–H and O–H groups in total. The van der Waals surface area contributed by atoms with Gasteiger partial charge in [0.15, 0.2) is 0 Å². The van der Waals surface area contributed by atoms with E-state index in [0.717, 1.165) is 6.07 Å². The lowest BCUT2D eigenvalue weighted by Crippen LogP contribution is -2.02. The first-order valence-electron chi connectivity index (χ1n) is 5.77. The van der Waals surface area contributed by atoms with E-state index < -0.39 is 10.7 Å². The Labute approximate surface area is 127 Å². The van der Waals surface area contributed by atoms with E-state index in [1.54, 1.807) is 12.1 Å². The van der Waals surface area contributed by atoms with Gasteiger partial charge < -0.3 is 4.74 Å². The summed E-state index contributed by atoms with van der Waals surface area (Å²) in [6, 6.07) is 10.2. The molecule has 0 saturated carbocycles. The largest absolute Gasteiger partial charge is 0.487 e. The number of nitriles is 1. The van der Waals surface area contributed by atoms with Crippen molar-refractivity contribution in [2.75, 3.05) is 0 Å². The molecule has 106 valence electrons. The van der Waals surface area contributed by atoms with E-state index in [2.05, 4.69) is 15.9 Å². The van der Waals surface area contributed by atoms with Crippen LogP contribution in [0.1, 0.15) is 11.1 Å². The van der Waals surface area contributed by atoms with Crippen LogP contribution in [-0.4, -0.2) is 4.92 Å². The molecule has 0 aliphatic carbocycles. The molecule has 0 aliphatic rings. The first-order chi connectivity index (χ1) is 10.0. The fourth-order valence-electron chi connectivity index (χ4n) is 1.72. The van der Waals surface area contributed by atoms with Crippen LogP contribution >= 0.6 is 15.9 Å². The minimum absolute atomic E-state index is 0.0507. The van der Waals surface area contributed by atoms with Crippen LogP contribution in [0.15, 0.2) is 40.9 Å². The van der Waals surface area contributed by atoms with Crippen LogP contribution < -0.4 is 4.74 Å². The Kier molecular flexibility index (Phi) is 4.50. The second kappa shape index (κ2) is 6.33. The number of benzene rings is 2. The van der Waals surface area contributed by atoms with Crippen LogP contribution in [0, 0.1) is 27.3 Å². The van der Waals surface area contributed by atoms with Crippen LogP contribution in [0.5, 0.6) is 5.75 Å². The normalized spacial score (nSPS) is 9.95. The molecule has 0 heterocycles. The number of hydrogen-bond donors (Lipinski definition) is 0. The number of nitrogens with zero attached hydrogens (tertiary/aromatic N) is 2. The molecule has 0 bridgehead atoms. The van der Waals surface area contributed by atoms with Crippen molar-refractivity contribution in [3.05, 3.63) is 67.9 Å². The summed E-state index contributed by atoms with van der Waals surface area (Å²) in [5, 5.41) is 19.9. The van der Waals surface area contributed by atoms with Gasteiger partial charge in [-0.2, -0.15) is 5.26 Å². The van der Waals surface area contributed by atoms with Crippen molar-refractivity contribution in [1.82, 2.24) is 0 Å². The maximum Gasteiger partial charge on any atom is 0.277 e. The summed E-state index contributed by atoms with van der Waals surface area (Å²) in [5.41, 5.74) is -0.00657. The molecule has 21 heavy (non-hydrogen) atoms. The van der Waals surface area contributed by atoms with Gasteiger partial charge in [0.1, 0.15) is 29.8 Å². The summed E-state index contributed by atoms with van der Waals surface area (Å²) in [6.07, 6.45) is 0. The zero-order chi connectivity index (χ0) is 15.4. The molecule has 0 amide bonds. The van der Waals surface area contributed by atoms with Crippen LogP contribution in [0.4, 0.5) is 10.1 Å². The van der Waals surface area contributed by atoms with Gasteiger partial charge in [-0.05, 0) is 24.3 Å². The van der Waals surface area contributed by atoms with E-state index in [9.17, 15) is 14.5 Å². The molecule has 0 aliphatic heterocycles. The maximum absolute atomic E-state index is 13.4. The fourth-order valence-corrected chi connectivity index (χ4v) is 2.07. The Morgan fingerprint density at radius 3 is 2.81 bits per heavy atom. The van der Waals surface area contributed by atoms with Crippen LogP contribution in [0.25, 0.3) is 0 Å². The predicted molar refractivity (Wildman–Crippen MR) is 76.2 cm³/mol. The summed E-state index contributed by atoms with van der Waals surface area (Å²) < 4.78 is 19.3. The summed E-state index contributed by atoms with van der Waals surface area (Å²) in [7, 11) is 0. The number of rotatable bonds is 4. The van der Waals surface area contributed by atoms with E-state index in [0.29, 0.717) is 10.0 Å². The average Bonchev–Trinajstić information content (AvgIpc) is 2.45. The number of halogens is 2. The lowest BCUT2D eigenvalue weighted by atomic mass is 10.2. The van der Waals surface area contributed by atoms with Gasteiger partial charge in [0, 0.05) is 10.5 Å². The van der Waals surface area contributed by atoms with E-state index >= 15 is 0 Å².